The van der Waals surface area contributed by atoms with Crippen molar-refractivity contribution in [2.45, 2.75) is 12.6 Å². The second kappa shape index (κ2) is 8.06. The molecule has 1 unspecified atom stereocenters. The van der Waals surface area contributed by atoms with Crippen molar-refractivity contribution in [1.29, 1.82) is 0 Å². The fourth-order valence-corrected chi connectivity index (χ4v) is 2.52. The van der Waals surface area contributed by atoms with Crippen LogP contribution in [0.2, 0.25) is 0 Å². The molecule has 1 aliphatic rings. The van der Waals surface area contributed by atoms with Gasteiger partial charge in [-0.15, -0.1) is 0 Å². The fourth-order valence-electron chi connectivity index (χ4n) is 1.66. The molecule has 0 radical (unpaired) electrons. The van der Waals surface area contributed by atoms with Gasteiger partial charge in [-0.25, -0.2) is 21.9 Å². The molecule has 1 heterocycles. The molecule has 1 atom stereocenters. The zero-order valence-electron chi connectivity index (χ0n) is 11.5. The third-order valence-corrected chi connectivity index (χ3v) is 4.04. The van der Waals surface area contributed by atoms with Gasteiger partial charge in [-0.05, 0) is 5.56 Å². The summed E-state index contributed by atoms with van der Waals surface area (Å²) in [7, 11) is -4.87. The maximum atomic E-state index is 11.6. The van der Waals surface area contributed by atoms with Crippen LogP contribution in [-0.4, -0.2) is 46.3 Å². The Balaban J connectivity index is 0.00000242. The zero-order chi connectivity index (χ0) is 15.6. The van der Waals surface area contributed by atoms with E-state index in [2.05, 4.69) is 0 Å². The normalized spacial score (nSPS) is 17.3. The molecule has 0 aromatic heterocycles. The van der Waals surface area contributed by atoms with Crippen molar-refractivity contribution in [2.75, 3.05) is 6.54 Å². The monoisotopic (exact) mass is 372 g/mol. The molecule has 1 aromatic carbocycles. The van der Waals surface area contributed by atoms with E-state index in [0.29, 0.717) is 4.42 Å². The first-order valence-electron chi connectivity index (χ1n) is 5.74. The minimum atomic E-state index is -4.87. The molecule has 0 spiro atoms. The van der Waals surface area contributed by atoms with Gasteiger partial charge in [-0.1, -0.05) is 30.3 Å². The quantitative estimate of drug-likeness (QED) is 0.249. The van der Waals surface area contributed by atoms with Gasteiger partial charge in [0, 0.05) is 11.8 Å². The van der Waals surface area contributed by atoms with Crippen LogP contribution in [0.5, 0.6) is 0 Å². The molecular formula is C11H10ClKN2O6S. The van der Waals surface area contributed by atoms with Crippen molar-refractivity contribution in [3.05, 3.63) is 35.9 Å². The van der Waals surface area contributed by atoms with Gasteiger partial charge in [-0.3, -0.25) is 4.79 Å². The summed E-state index contributed by atoms with van der Waals surface area (Å²) in [5.41, 5.74) is 0.722. The average Bonchev–Trinajstić information content (AvgIpc) is 2.42. The molecule has 2 rings (SSSR count). The Hall–Kier alpha value is -0.204. The Bertz CT molecular complexity index is 656. The minimum Gasteiger partial charge on any atom is -0.731 e. The maximum Gasteiger partial charge on any atom is 1.00 e. The topological polar surface area (TPSA) is 107 Å². The standard InChI is InChI=1S/C11H11ClN2O6S.K/c12-14(9-6-13(10(9)15)21(17,18)19)11(16)20-7-8-4-2-1-3-5-8;/h1-5,9H,6-7H2,(H,17,18,19);/q;+1/p-1. The van der Waals surface area contributed by atoms with Crippen LogP contribution in [0, 0.1) is 0 Å². The number of hydrogen-bond donors (Lipinski definition) is 0. The largest absolute Gasteiger partial charge is 1.00 e. The van der Waals surface area contributed by atoms with Crippen LogP contribution in [-0.2, 0) is 26.4 Å². The van der Waals surface area contributed by atoms with E-state index in [0.717, 1.165) is 5.56 Å². The SMILES string of the molecule is O=C(OCc1ccccc1)N(Cl)C1CN(S(=O)(=O)[O-])C1=O.[K+]. The summed E-state index contributed by atoms with van der Waals surface area (Å²) in [6, 6.07) is 7.54. The van der Waals surface area contributed by atoms with Crippen molar-refractivity contribution in [3.63, 3.8) is 0 Å². The summed E-state index contributed by atoms with van der Waals surface area (Å²) < 4.78 is 37.4. The van der Waals surface area contributed by atoms with Gasteiger partial charge in [0.15, 0.2) is 16.3 Å². The first kappa shape index (κ1) is 19.8. The number of rotatable bonds is 4. The van der Waals surface area contributed by atoms with Crippen LogP contribution in [0.25, 0.3) is 0 Å². The molecule has 1 fully saturated rings. The van der Waals surface area contributed by atoms with E-state index in [4.69, 9.17) is 16.5 Å². The molecular weight excluding hydrogens is 363 g/mol. The Morgan fingerprint density at radius 1 is 1.41 bits per heavy atom. The number of carbonyl (C=O) groups excluding carboxylic acids is 2. The second-order valence-electron chi connectivity index (χ2n) is 4.19. The Kier molecular flexibility index (Phi) is 7.27. The third-order valence-electron chi connectivity index (χ3n) is 2.79. The van der Waals surface area contributed by atoms with Gasteiger partial charge in [0.25, 0.3) is 5.91 Å². The number of β-lactam (4-membered cyclic amide) rings is 1. The van der Waals surface area contributed by atoms with Crippen molar-refractivity contribution in [2.24, 2.45) is 0 Å². The molecule has 0 N–H and O–H groups in total. The van der Waals surface area contributed by atoms with Gasteiger partial charge in [-0.2, -0.15) is 0 Å². The number of ether oxygens (including phenoxy) is 1. The molecule has 11 heteroatoms. The first-order valence-corrected chi connectivity index (χ1v) is 7.44. The van der Waals surface area contributed by atoms with Gasteiger partial charge in [0.1, 0.15) is 6.61 Å². The minimum absolute atomic E-state index is 0. The van der Waals surface area contributed by atoms with Crippen LogP contribution in [0.3, 0.4) is 0 Å². The van der Waals surface area contributed by atoms with E-state index in [9.17, 15) is 22.6 Å². The summed E-state index contributed by atoms with van der Waals surface area (Å²) in [6.45, 7) is -0.526. The first-order chi connectivity index (χ1) is 9.80. The van der Waals surface area contributed by atoms with Crippen molar-refractivity contribution >= 4 is 34.1 Å². The molecule has 114 valence electrons. The average molecular weight is 373 g/mol. The van der Waals surface area contributed by atoms with E-state index in [-0.39, 0.29) is 62.3 Å². The van der Waals surface area contributed by atoms with Gasteiger partial charge >= 0.3 is 57.5 Å². The summed E-state index contributed by atoms with van der Waals surface area (Å²) in [4.78, 5) is 23.1. The van der Waals surface area contributed by atoms with Gasteiger partial charge in [0.05, 0.1) is 6.54 Å². The molecule has 0 bridgehead atoms. The molecule has 1 aliphatic heterocycles. The number of benzene rings is 1. The number of carbonyl (C=O) groups is 2. The number of hydrogen-bond acceptors (Lipinski definition) is 6. The molecule has 8 nitrogen and oxygen atoms in total. The zero-order valence-corrected chi connectivity index (χ0v) is 16.2. The van der Waals surface area contributed by atoms with Crippen LogP contribution in [0.1, 0.15) is 5.56 Å². The Morgan fingerprint density at radius 3 is 2.50 bits per heavy atom. The smallest absolute Gasteiger partial charge is 0.731 e. The van der Waals surface area contributed by atoms with Crippen LogP contribution < -0.4 is 51.4 Å². The maximum absolute atomic E-state index is 11.6. The Morgan fingerprint density at radius 2 is 2.00 bits per heavy atom. The summed E-state index contributed by atoms with van der Waals surface area (Å²) >= 11 is 5.62. The predicted octanol–water partition coefficient (Wildman–Crippen LogP) is -2.55. The predicted molar refractivity (Wildman–Crippen MR) is 69.5 cm³/mol. The van der Waals surface area contributed by atoms with Crippen molar-refractivity contribution in [3.8, 4) is 0 Å². The molecule has 0 saturated carbocycles. The molecule has 0 aliphatic carbocycles. The van der Waals surface area contributed by atoms with Crippen LogP contribution >= 0.6 is 11.8 Å². The Labute approximate surface area is 174 Å². The van der Waals surface area contributed by atoms with Gasteiger partial charge < -0.3 is 9.29 Å². The van der Waals surface area contributed by atoms with Crippen molar-refractivity contribution < 1.29 is 78.7 Å². The molecule has 22 heavy (non-hydrogen) atoms. The van der Waals surface area contributed by atoms with Crippen LogP contribution in [0.4, 0.5) is 4.79 Å². The van der Waals surface area contributed by atoms with E-state index < -0.39 is 34.9 Å². The third kappa shape index (κ3) is 4.65. The second-order valence-corrected chi connectivity index (χ2v) is 5.85. The van der Waals surface area contributed by atoms with E-state index in [1.165, 1.54) is 0 Å². The summed E-state index contributed by atoms with van der Waals surface area (Å²) in [5.74, 6) is -1.06. The number of amides is 2. The van der Waals surface area contributed by atoms with Gasteiger partial charge in [0.2, 0.25) is 0 Å². The van der Waals surface area contributed by atoms with E-state index in [1.807, 2.05) is 0 Å². The summed E-state index contributed by atoms with van der Waals surface area (Å²) in [5, 5.41) is 0. The summed E-state index contributed by atoms with van der Waals surface area (Å²) in [6.07, 6.45) is -0.998. The van der Waals surface area contributed by atoms with E-state index in [1.54, 1.807) is 30.3 Å². The van der Waals surface area contributed by atoms with Crippen LogP contribution in [0.15, 0.2) is 30.3 Å². The number of halogens is 1. The molecule has 1 saturated heterocycles. The van der Waals surface area contributed by atoms with E-state index >= 15 is 0 Å². The van der Waals surface area contributed by atoms with Crippen molar-refractivity contribution in [1.82, 2.24) is 8.72 Å². The molecule has 2 amide bonds. The fraction of sp³-hybridized carbons (Fsp3) is 0.273. The number of nitrogens with zero attached hydrogens (tertiary/aromatic N) is 2. The molecule has 1 aromatic rings.